The third-order valence-corrected chi connectivity index (χ3v) is 3.63. The molecule has 5 nitrogen and oxygen atoms in total. The SMILES string of the molecule is COc1cccc(/C=N\OCCOc2c(Cl)cccc2Cl)c1OC. The highest BCUT2D eigenvalue weighted by molar-refractivity contribution is 6.37. The molecule has 0 unspecified atom stereocenters. The van der Waals surface area contributed by atoms with Crippen molar-refractivity contribution in [1.29, 1.82) is 0 Å². The number of methoxy groups -OCH3 is 2. The highest BCUT2D eigenvalue weighted by atomic mass is 35.5. The van der Waals surface area contributed by atoms with Crippen LogP contribution in [-0.2, 0) is 4.84 Å². The van der Waals surface area contributed by atoms with Crippen molar-refractivity contribution in [3.63, 3.8) is 0 Å². The lowest BCUT2D eigenvalue weighted by Crippen LogP contribution is -2.05. The van der Waals surface area contributed by atoms with E-state index in [-0.39, 0.29) is 13.2 Å². The van der Waals surface area contributed by atoms with Crippen molar-refractivity contribution in [2.75, 3.05) is 27.4 Å². The van der Waals surface area contributed by atoms with Crippen LogP contribution >= 0.6 is 23.2 Å². The predicted octanol–water partition coefficient (Wildman–Crippen LogP) is 4.44. The molecule has 2 aromatic carbocycles. The van der Waals surface area contributed by atoms with Crippen LogP contribution in [-0.4, -0.2) is 33.6 Å². The Bertz CT molecular complexity index is 687. The number of nitrogens with zero attached hydrogens (tertiary/aromatic N) is 1. The van der Waals surface area contributed by atoms with E-state index in [1.807, 2.05) is 12.1 Å². The molecule has 0 aliphatic heterocycles. The summed E-state index contributed by atoms with van der Waals surface area (Å²) in [5.41, 5.74) is 0.743. The molecule has 0 amide bonds. The van der Waals surface area contributed by atoms with E-state index in [1.54, 1.807) is 44.7 Å². The third kappa shape index (κ3) is 4.69. The Morgan fingerprint density at radius 2 is 1.62 bits per heavy atom. The standard InChI is InChI=1S/C17H17Cl2NO4/c1-21-15-8-3-5-12(16(15)22-2)11-20-24-10-9-23-17-13(18)6-4-7-14(17)19/h3-8,11H,9-10H2,1-2H3/b20-11-. The smallest absolute Gasteiger partial charge is 0.169 e. The van der Waals surface area contributed by atoms with E-state index in [1.165, 1.54) is 0 Å². The molecule has 0 heterocycles. The molecule has 24 heavy (non-hydrogen) atoms. The van der Waals surface area contributed by atoms with E-state index in [9.17, 15) is 0 Å². The molecule has 0 saturated carbocycles. The van der Waals surface area contributed by atoms with E-state index >= 15 is 0 Å². The van der Waals surface area contributed by atoms with Crippen molar-refractivity contribution in [3.05, 3.63) is 52.0 Å². The summed E-state index contributed by atoms with van der Waals surface area (Å²) in [5.74, 6) is 1.65. The molecule has 2 aromatic rings. The largest absolute Gasteiger partial charge is 0.493 e. The maximum absolute atomic E-state index is 6.01. The van der Waals surface area contributed by atoms with Gasteiger partial charge in [-0.25, -0.2) is 0 Å². The Labute approximate surface area is 150 Å². The first-order chi connectivity index (χ1) is 11.7. The number of oxime groups is 1. The van der Waals surface area contributed by atoms with Gasteiger partial charge in [-0.1, -0.05) is 40.5 Å². The van der Waals surface area contributed by atoms with Crippen molar-refractivity contribution >= 4 is 29.4 Å². The third-order valence-electron chi connectivity index (χ3n) is 3.04. The van der Waals surface area contributed by atoms with Gasteiger partial charge in [-0.3, -0.25) is 0 Å². The Kier molecular flexibility index (Phi) is 7.03. The van der Waals surface area contributed by atoms with Crippen LogP contribution in [0, 0.1) is 0 Å². The first-order valence-electron chi connectivity index (χ1n) is 7.10. The second-order valence-electron chi connectivity index (χ2n) is 4.55. The molecule has 0 spiro atoms. The quantitative estimate of drug-likeness (QED) is 0.392. The minimum Gasteiger partial charge on any atom is -0.493 e. The van der Waals surface area contributed by atoms with E-state index in [2.05, 4.69) is 5.16 Å². The molecule has 0 N–H and O–H groups in total. The Balaban J connectivity index is 1.86. The van der Waals surface area contributed by atoms with Gasteiger partial charge in [-0.15, -0.1) is 0 Å². The number of para-hydroxylation sites is 2. The summed E-state index contributed by atoms with van der Waals surface area (Å²) in [7, 11) is 3.14. The van der Waals surface area contributed by atoms with Gasteiger partial charge in [0.05, 0.1) is 30.5 Å². The summed E-state index contributed by atoms with van der Waals surface area (Å²) < 4.78 is 16.0. The fourth-order valence-corrected chi connectivity index (χ4v) is 2.47. The molecule has 0 aromatic heterocycles. The molecule has 0 atom stereocenters. The van der Waals surface area contributed by atoms with Gasteiger partial charge in [0.2, 0.25) is 0 Å². The van der Waals surface area contributed by atoms with Crippen LogP contribution in [0.5, 0.6) is 17.2 Å². The van der Waals surface area contributed by atoms with Crippen molar-refractivity contribution in [2.24, 2.45) is 5.16 Å². The summed E-state index contributed by atoms with van der Waals surface area (Å²) >= 11 is 12.0. The average Bonchev–Trinajstić information content (AvgIpc) is 2.59. The van der Waals surface area contributed by atoms with Gasteiger partial charge in [0.1, 0.15) is 6.61 Å². The first-order valence-corrected chi connectivity index (χ1v) is 7.86. The molecule has 0 saturated heterocycles. The fourth-order valence-electron chi connectivity index (χ4n) is 1.96. The molecule has 0 aliphatic rings. The second kappa shape index (κ2) is 9.25. The van der Waals surface area contributed by atoms with Crippen molar-refractivity contribution in [1.82, 2.24) is 0 Å². The molecule has 128 valence electrons. The lowest BCUT2D eigenvalue weighted by molar-refractivity contribution is 0.108. The molecular weight excluding hydrogens is 353 g/mol. The number of hydrogen-bond donors (Lipinski definition) is 0. The van der Waals surface area contributed by atoms with Crippen LogP contribution < -0.4 is 14.2 Å². The van der Waals surface area contributed by atoms with Gasteiger partial charge in [0, 0.05) is 5.56 Å². The number of benzene rings is 2. The van der Waals surface area contributed by atoms with Crippen LogP contribution in [0.15, 0.2) is 41.6 Å². The van der Waals surface area contributed by atoms with Crippen LogP contribution in [0.25, 0.3) is 0 Å². The molecule has 2 rings (SSSR count). The molecule has 7 heteroatoms. The van der Waals surface area contributed by atoms with Gasteiger partial charge in [-0.05, 0) is 24.3 Å². The van der Waals surface area contributed by atoms with Crippen molar-refractivity contribution in [2.45, 2.75) is 0 Å². The number of rotatable bonds is 8. The zero-order valence-electron chi connectivity index (χ0n) is 13.3. The minimum atomic E-state index is 0.240. The van der Waals surface area contributed by atoms with Gasteiger partial charge in [0.25, 0.3) is 0 Å². The predicted molar refractivity (Wildman–Crippen MR) is 95.0 cm³/mol. The van der Waals surface area contributed by atoms with E-state index in [4.69, 9.17) is 42.3 Å². The van der Waals surface area contributed by atoms with Gasteiger partial charge >= 0.3 is 0 Å². The minimum absolute atomic E-state index is 0.240. The summed E-state index contributed by atoms with van der Waals surface area (Å²) in [5, 5.41) is 4.80. The monoisotopic (exact) mass is 369 g/mol. The van der Waals surface area contributed by atoms with E-state index in [0.29, 0.717) is 27.3 Å². The Morgan fingerprint density at radius 1 is 0.917 bits per heavy atom. The van der Waals surface area contributed by atoms with E-state index in [0.717, 1.165) is 5.56 Å². The average molecular weight is 370 g/mol. The zero-order chi connectivity index (χ0) is 17.4. The summed E-state index contributed by atoms with van der Waals surface area (Å²) in [4.78, 5) is 5.17. The van der Waals surface area contributed by atoms with Crippen LogP contribution in [0.4, 0.5) is 0 Å². The van der Waals surface area contributed by atoms with Crippen molar-refractivity contribution in [3.8, 4) is 17.2 Å². The van der Waals surface area contributed by atoms with Crippen molar-refractivity contribution < 1.29 is 19.0 Å². The first kappa shape index (κ1) is 18.2. The zero-order valence-corrected chi connectivity index (χ0v) is 14.8. The molecule has 0 aliphatic carbocycles. The Hall–Kier alpha value is -2.11. The van der Waals surface area contributed by atoms with Crippen LogP contribution in [0.1, 0.15) is 5.56 Å². The Morgan fingerprint density at radius 3 is 2.29 bits per heavy atom. The lowest BCUT2D eigenvalue weighted by Gasteiger charge is -2.10. The van der Waals surface area contributed by atoms with Gasteiger partial charge < -0.3 is 19.0 Å². The summed E-state index contributed by atoms with van der Waals surface area (Å²) in [6.45, 7) is 0.500. The van der Waals surface area contributed by atoms with Gasteiger partial charge in [0.15, 0.2) is 23.9 Å². The highest BCUT2D eigenvalue weighted by Crippen LogP contribution is 2.32. The maximum atomic E-state index is 6.01. The fraction of sp³-hybridized carbons (Fsp3) is 0.235. The maximum Gasteiger partial charge on any atom is 0.169 e. The second-order valence-corrected chi connectivity index (χ2v) is 5.36. The topological polar surface area (TPSA) is 49.3 Å². The molecule has 0 radical (unpaired) electrons. The lowest BCUT2D eigenvalue weighted by atomic mass is 10.2. The summed E-state index contributed by atoms with van der Waals surface area (Å²) in [6, 6.07) is 10.6. The van der Waals surface area contributed by atoms with Crippen LogP contribution in [0.3, 0.4) is 0 Å². The van der Waals surface area contributed by atoms with Gasteiger partial charge in [-0.2, -0.15) is 0 Å². The number of ether oxygens (including phenoxy) is 3. The number of hydrogen-bond acceptors (Lipinski definition) is 5. The molecule has 0 fully saturated rings. The van der Waals surface area contributed by atoms with E-state index < -0.39 is 0 Å². The highest BCUT2D eigenvalue weighted by Gasteiger charge is 2.08. The normalized spacial score (nSPS) is 10.7. The van der Waals surface area contributed by atoms with Crippen LogP contribution in [0.2, 0.25) is 10.0 Å². The molecule has 0 bridgehead atoms. The summed E-state index contributed by atoms with van der Waals surface area (Å²) in [6.07, 6.45) is 1.55. The molecular formula is C17H17Cl2NO4. The number of halogens is 2.